The molecule has 2 atom stereocenters. The lowest BCUT2D eigenvalue weighted by molar-refractivity contribution is 0.917. The van der Waals surface area contributed by atoms with Crippen LogP contribution in [0.25, 0.3) is 0 Å². The Morgan fingerprint density at radius 3 is 2.57 bits per heavy atom. The van der Waals surface area contributed by atoms with Gasteiger partial charge in [0.2, 0.25) is 0 Å². The minimum absolute atomic E-state index is 0.819. The van der Waals surface area contributed by atoms with Gasteiger partial charge in [0.05, 0.1) is 0 Å². The molecule has 7 heavy (non-hydrogen) atoms. The Balaban J connectivity index is 2.10. The van der Waals surface area contributed by atoms with Crippen LogP contribution in [0.2, 0.25) is 0 Å². The average molecular weight is 117 g/mol. The summed E-state index contributed by atoms with van der Waals surface area (Å²) < 4.78 is 0. The van der Waals surface area contributed by atoms with Crippen molar-refractivity contribution in [2.75, 3.05) is 12.8 Å². The normalized spacial score (nSPS) is 32.6. The van der Waals surface area contributed by atoms with Crippen molar-refractivity contribution in [3.63, 3.8) is 0 Å². The zero-order valence-electron chi connectivity index (χ0n) is 4.77. The first-order chi connectivity index (χ1) is 3.34. The number of rotatable bonds is 2. The highest BCUT2D eigenvalue weighted by Crippen LogP contribution is 2.15. The zero-order valence-corrected chi connectivity index (χ0v) is 5.59. The molecular weight excluding hydrogens is 106 g/mol. The lowest BCUT2D eigenvalue weighted by atomic mass is 10.4. The van der Waals surface area contributed by atoms with Crippen LogP contribution in [0.15, 0.2) is 0 Å². The van der Waals surface area contributed by atoms with Crippen molar-refractivity contribution < 1.29 is 0 Å². The van der Waals surface area contributed by atoms with E-state index in [1.165, 1.54) is 6.54 Å². The Bertz CT molecular complexity index is 61.1. The van der Waals surface area contributed by atoms with Crippen molar-refractivity contribution in [1.82, 2.24) is 5.32 Å². The van der Waals surface area contributed by atoms with E-state index in [4.69, 9.17) is 0 Å². The highest BCUT2D eigenvalue weighted by Gasteiger charge is 2.25. The summed E-state index contributed by atoms with van der Waals surface area (Å²) in [4.78, 5) is 0. The van der Waals surface area contributed by atoms with E-state index >= 15 is 0 Å². The molecule has 1 heterocycles. The Morgan fingerprint density at radius 1 is 1.86 bits per heavy atom. The van der Waals surface area contributed by atoms with E-state index in [1.54, 1.807) is 0 Å². The molecule has 2 unspecified atom stereocenters. The molecule has 42 valence electrons. The predicted molar refractivity (Wildman–Crippen MR) is 34.8 cm³/mol. The van der Waals surface area contributed by atoms with Crippen LogP contribution in [0.3, 0.4) is 0 Å². The molecule has 1 rings (SSSR count). The minimum atomic E-state index is 0.819. The first-order valence-electron chi connectivity index (χ1n) is 2.61. The van der Waals surface area contributed by atoms with Crippen molar-refractivity contribution in [1.29, 1.82) is 0 Å². The number of thioether (sulfide) groups is 1. The molecule has 0 spiro atoms. The summed E-state index contributed by atoms with van der Waals surface area (Å²) in [6.45, 7) is 3.50. The number of hydrogen-bond acceptors (Lipinski definition) is 2. The fraction of sp³-hybridized carbons (Fsp3) is 1.00. The van der Waals surface area contributed by atoms with Crippen LogP contribution in [0.4, 0.5) is 0 Å². The van der Waals surface area contributed by atoms with Crippen LogP contribution < -0.4 is 5.32 Å². The van der Waals surface area contributed by atoms with Crippen LogP contribution in [-0.2, 0) is 0 Å². The summed E-state index contributed by atoms with van der Waals surface area (Å²) in [5.74, 6) is 0. The van der Waals surface area contributed by atoms with Gasteiger partial charge in [0.1, 0.15) is 0 Å². The Kier molecular flexibility index (Phi) is 1.60. The molecule has 1 saturated heterocycles. The molecule has 2 heteroatoms. The molecule has 0 aromatic heterocycles. The summed E-state index contributed by atoms with van der Waals surface area (Å²) in [5.41, 5.74) is 0. The second-order valence-electron chi connectivity index (χ2n) is 1.96. The summed E-state index contributed by atoms with van der Waals surface area (Å²) in [6.07, 6.45) is 2.16. The third-order valence-electron chi connectivity index (χ3n) is 1.38. The van der Waals surface area contributed by atoms with E-state index in [1.807, 2.05) is 11.8 Å². The first-order valence-corrected chi connectivity index (χ1v) is 3.89. The molecule has 0 aromatic carbocycles. The van der Waals surface area contributed by atoms with Crippen molar-refractivity contribution in [3.8, 4) is 0 Å². The maximum atomic E-state index is 3.26. The summed E-state index contributed by atoms with van der Waals surface area (Å²) in [5, 5.41) is 4.08. The fourth-order valence-electron chi connectivity index (χ4n) is 0.564. The van der Waals surface area contributed by atoms with Crippen LogP contribution in [0.1, 0.15) is 6.92 Å². The molecule has 0 bridgehead atoms. The van der Waals surface area contributed by atoms with Crippen LogP contribution >= 0.6 is 11.8 Å². The molecular formula is C5H11NS. The molecule has 1 aliphatic rings. The van der Waals surface area contributed by atoms with E-state index in [-0.39, 0.29) is 0 Å². The number of hydrogen-bond donors (Lipinski definition) is 1. The molecule has 0 aromatic rings. The second kappa shape index (κ2) is 2.05. The standard InChI is InChI=1S/C5H11NS/c1-4(7-2)5-3-6-5/h4-6H,3H2,1-2H3. The van der Waals surface area contributed by atoms with E-state index in [0.29, 0.717) is 0 Å². The molecule has 0 aliphatic carbocycles. The Labute approximate surface area is 48.9 Å². The zero-order chi connectivity index (χ0) is 5.28. The van der Waals surface area contributed by atoms with Gasteiger partial charge in [-0.1, -0.05) is 6.92 Å². The highest BCUT2D eigenvalue weighted by molar-refractivity contribution is 7.99. The topological polar surface area (TPSA) is 21.9 Å². The molecule has 0 amide bonds. The van der Waals surface area contributed by atoms with Crippen molar-refractivity contribution in [2.24, 2.45) is 0 Å². The average Bonchev–Trinajstić information content (AvgIpc) is 2.44. The summed E-state index contributed by atoms with van der Waals surface area (Å²) in [6, 6.07) is 0.829. The van der Waals surface area contributed by atoms with Crippen LogP contribution in [-0.4, -0.2) is 24.1 Å². The first kappa shape index (κ1) is 5.45. The van der Waals surface area contributed by atoms with Gasteiger partial charge in [-0.05, 0) is 6.26 Å². The molecule has 1 aliphatic heterocycles. The maximum absolute atomic E-state index is 3.26. The van der Waals surface area contributed by atoms with E-state index < -0.39 is 0 Å². The smallest absolute Gasteiger partial charge is 0.0309 e. The van der Waals surface area contributed by atoms with Gasteiger partial charge in [-0.15, -0.1) is 0 Å². The van der Waals surface area contributed by atoms with Crippen molar-refractivity contribution in [3.05, 3.63) is 0 Å². The lowest BCUT2D eigenvalue weighted by Crippen LogP contribution is -2.06. The van der Waals surface area contributed by atoms with Gasteiger partial charge in [-0.25, -0.2) is 0 Å². The molecule has 0 radical (unpaired) electrons. The second-order valence-corrected chi connectivity index (χ2v) is 3.17. The number of nitrogens with one attached hydrogen (secondary N) is 1. The Hall–Kier alpha value is 0.310. The van der Waals surface area contributed by atoms with Crippen LogP contribution in [0.5, 0.6) is 0 Å². The monoisotopic (exact) mass is 117 g/mol. The highest BCUT2D eigenvalue weighted by atomic mass is 32.2. The van der Waals surface area contributed by atoms with E-state index in [2.05, 4.69) is 18.5 Å². The third-order valence-corrected chi connectivity index (χ3v) is 2.45. The predicted octanol–water partition coefficient (Wildman–Crippen LogP) is 0.710. The van der Waals surface area contributed by atoms with E-state index in [9.17, 15) is 0 Å². The SMILES string of the molecule is CSC(C)C1CN1. The quantitative estimate of drug-likeness (QED) is 0.538. The Morgan fingerprint density at radius 2 is 2.43 bits per heavy atom. The molecule has 1 fully saturated rings. The molecule has 1 N–H and O–H groups in total. The van der Waals surface area contributed by atoms with Crippen molar-refractivity contribution >= 4 is 11.8 Å². The van der Waals surface area contributed by atoms with Gasteiger partial charge in [0.15, 0.2) is 0 Å². The fourth-order valence-corrected chi connectivity index (χ4v) is 1.09. The molecule has 1 nitrogen and oxygen atoms in total. The van der Waals surface area contributed by atoms with Gasteiger partial charge in [0, 0.05) is 17.8 Å². The van der Waals surface area contributed by atoms with Crippen molar-refractivity contribution in [2.45, 2.75) is 18.2 Å². The maximum Gasteiger partial charge on any atom is 0.0309 e. The third kappa shape index (κ3) is 1.35. The lowest BCUT2D eigenvalue weighted by Gasteiger charge is -2.00. The molecule has 0 saturated carbocycles. The largest absolute Gasteiger partial charge is 0.310 e. The minimum Gasteiger partial charge on any atom is -0.310 e. The van der Waals surface area contributed by atoms with E-state index in [0.717, 1.165) is 11.3 Å². The van der Waals surface area contributed by atoms with Gasteiger partial charge >= 0.3 is 0 Å². The summed E-state index contributed by atoms with van der Waals surface area (Å²) >= 11 is 1.93. The van der Waals surface area contributed by atoms with Gasteiger partial charge in [-0.2, -0.15) is 11.8 Å². The van der Waals surface area contributed by atoms with Gasteiger partial charge < -0.3 is 5.32 Å². The van der Waals surface area contributed by atoms with Crippen LogP contribution in [0, 0.1) is 0 Å². The van der Waals surface area contributed by atoms with Gasteiger partial charge in [-0.3, -0.25) is 0 Å². The van der Waals surface area contributed by atoms with Gasteiger partial charge in [0.25, 0.3) is 0 Å². The summed E-state index contributed by atoms with van der Waals surface area (Å²) in [7, 11) is 0.